The SMILES string of the molecule is CN(C)C(=O)[C@@H]1CN(c2ccc(C#N)c(C(F)(F)F)c2)C[C@H]1C1CCN(C(=O)C2(C)CC2)CC1. The third-order valence-corrected chi connectivity index (χ3v) is 7.87. The van der Waals surface area contributed by atoms with Crippen molar-refractivity contribution in [1.29, 1.82) is 5.26 Å². The molecule has 2 heterocycles. The van der Waals surface area contributed by atoms with Gasteiger partial charge in [-0.25, -0.2) is 0 Å². The van der Waals surface area contributed by atoms with Crippen LogP contribution in [0.4, 0.5) is 18.9 Å². The number of nitrogens with zero attached hydrogens (tertiary/aromatic N) is 4. The van der Waals surface area contributed by atoms with Crippen LogP contribution in [-0.4, -0.2) is 61.9 Å². The molecule has 1 aromatic carbocycles. The molecule has 2 aliphatic heterocycles. The monoisotopic (exact) mass is 476 g/mol. The number of alkyl halides is 3. The Morgan fingerprint density at radius 2 is 1.79 bits per heavy atom. The van der Waals surface area contributed by atoms with Crippen molar-refractivity contribution in [2.75, 3.05) is 45.2 Å². The Kier molecular flexibility index (Phi) is 6.30. The molecule has 184 valence electrons. The lowest BCUT2D eigenvalue weighted by atomic mass is 9.78. The molecular formula is C25H31F3N4O2. The average molecular weight is 477 g/mol. The van der Waals surface area contributed by atoms with Gasteiger partial charge in [-0.3, -0.25) is 9.59 Å². The Morgan fingerprint density at radius 1 is 1.15 bits per heavy atom. The normalized spacial score (nSPS) is 24.6. The van der Waals surface area contributed by atoms with Gasteiger partial charge in [0.1, 0.15) is 0 Å². The highest BCUT2D eigenvalue weighted by atomic mass is 19.4. The second kappa shape index (κ2) is 8.79. The molecule has 1 aliphatic carbocycles. The molecule has 9 heteroatoms. The zero-order valence-corrected chi connectivity index (χ0v) is 19.9. The van der Waals surface area contributed by atoms with Crippen molar-refractivity contribution in [3.63, 3.8) is 0 Å². The van der Waals surface area contributed by atoms with Crippen LogP contribution in [0.1, 0.15) is 43.7 Å². The number of benzene rings is 1. The number of carbonyl (C=O) groups is 2. The highest BCUT2D eigenvalue weighted by molar-refractivity contribution is 5.85. The smallest absolute Gasteiger partial charge is 0.370 e. The van der Waals surface area contributed by atoms with Gasteiger partial charge in [0.2, 0.25) is 11.8 Å². The van der Waals surface area contributed by atoms with Crippen molar-refractivity contribution in [2.45, 2.75) is 38.8 Å². The first-order chi connectivity index (χ1) is 15.9. The number of anilines is 1. The van der Waals surface area contributed by atoms with Crippen molar-refractivity contribution in [1.82, 2.24) is 9.80 Å². The number of halogens is 3. The van der Waals surface area contributed by atoms with E-state index < -0.39 is 17.3 Å². The van der Waals surface area contributed by atoms with Gasteiger partial charge in [-0.2, -0.15) is 18.4 Å². The van der Waals surface area contributed by atoms with Crippen molar-refractivity contribution < 1.29 is 22.8 Å². The van der Waals surface area contributed by atoms with Crippen LogP contribution in [0.3, 0.4) is 0 Å². The maximum atomic E-state index is 13.5. The second-order valence-electron chi connectivity index (χ2n) is 10.4. The molecule has 0 bridgehead atoms. The summed E-state index contributed by atoms with van der Waals surface area (Å²) in [4.78, 5) is 31.1. The van der Waals surface area contributed by atoms with Crippen molar-refractivity contribution >= 4 is 17.5 Å². The topological polar surface area (TPSA) is 67.7 Å². The molecule has 2 saturated heterocycles. The lowest BCUT2D eigenvalue weighted by molar-refractivity contribution is -0.139. The Labute approximate surface area is 198 Å². The molecule has 4 rings (SSSR count). The van der Waals surface area contributed by atoms with Gasteiger partial charge in [0, 0.05) is 51.4 Å². The predicted molar refractivity (Wildman–Crippen MR) is 121 cm³/mol. The number of hydrogen-bond acceptors (Lipinski definition) is 4. The van der Waals surface area contributed by atoms with Crippen molar-refractivity contribution in [2.24, 2.45) is 23.2 Å². The number of nitriles is 1. The Hall–Kier alpha value is -2.76. The molecule has 0 N–H and O–H groups in total. The highest BCUT2D eigenvalue weighted by Crippen LogP contribution is 2.47. The molecule has 0 radical (unpaired) electrons. The molecular weight excluding hydrogens is 445 g/mol. The molecule has 3 aliphatic rings. The van der Waals surface area contributed by atoms with Gasteiger partial charge in [-0.1, -0.05) is 6.92 Å². The summed E-state index contributed by atoms with van der Waals surface area (Å²) in [5.41, 5.74) is -1.19. The van der Waals surface area contributed by atoms with Crippen LogP contribution in [0.25, 0.3) is 0 Å². The van der Waals surface area contributed by atoms with Crippen LogP contribution >= 0.6 is 0 Å². The second-order valence-corrected chi connectivity index (χ2v) is 10.4. The van der Waals surface area contributed by atoms with Crippen LogP contribution in [0, 0.1) is 34.5 Å². The minimum Gasteiger partial charge on any atom is -0.370 e. The van der Waals surface area contributed by atoms with Crippen LogP contribution in [0.5, 0.6) is 0 Å². The van der Waals surface area contributed by atoms with Gasteiger partial charge in [0.15, 0.2) is 0 Å². The molecule has 0 aromatic heterocycles. The Morgan fingerprint density at radius 3 is 2.32 bits per heavy atom. The minimum atomic E-state index is -4.63. The largest absolute Gasteiger partial charge is 0.417 e. The van der Waals surface area contributed by atoms with Gasteiger partial charge in [-0.15, -0.1) is 0 Å². The van der Waals surface area contributed by atoms with E-state index >= 15 is 0 Å². The third kappa shape index (κ3) is 4.59. The zero-order chi connectivity index (χ0) is 24.8. The van der Waals surface area contributed by atoms with E-state index in [1.807, 2.05) is 16.7 Å². The maximum Gasteiger partial charge on any atom is 0.417 e. The van der Waals surface area contributed by atoms with E-state index in [2.05, 4.69) is 0 Å². The molecule has 0 spiro atoms. The molecule has 3 fully saturated rings. The number of piperidine rings is 1. The lowest BCUT2D eigenvalue weighted by Gasteiger charge is -2.37. The van der Waals surface area contributed by atoms with Crippen LogP contribution in [0.2, 0.25) is 0 Å². The Balaban J connectivity index is 1.53. The fourth-order valence-electron chi connectivity index (χ4n) is 5.49. The number of rotatable bonds is 4. The molecule has 1 saturated carbocycles. The molecule has 6 nitrogen and oxygen atoms in total. The number of carbonyl (C=O) groups excluding carboxylic acids is 2. The molecule has 1 aromatic rings. The summed E-state index contributed by atoms with van der Waals surface area (Å²) in [5, 5.41) is 9.10. The predicted octanol–water partition coefficient (Wildman–Crippen LogP) is 3.76. The fourth-order valence-corrected chi connectivity index (χ4v) is 5.49. The van der Waals surface area contributed by atoms with Gasteiger partial charge in [0.25, 0.3) is 0 Å². The van der Waals surface area contributed by atoms with E-state index in [1.54, 1.807) is 25.1 Å². The number of hydrogen-bond donors (Lipinski definition) is 0. The van der Waals surface area contributed by atoms with Gasteiger partial charge >= 0.3 is 6.18 Å². The first-order valence-corrected chi connectivity index (χ1v) is 11.8. The first-order valence-electron chi connectivity index (χ1n) is 11.8. The summed E-state index contributed by atoms with van der Waals surface area (Å²) in [5.74, 6) is 0.0793. The summed E-state index contributed by atoms with van der Waals surface area (Å²) in [6.07, 6.45) is -1.17. The summed E-state index contributed by atoms with van der Waals surface area (Å²) in [6.45, 7) is 4.14. The van der Waals surface area contributed by atoms with Gasteiger partial charge in [-0.05, 0) is 55.7 Å². The summed E-state index contributed by atoms with van der Waals surface area (Å²) in [6, 6.07) is 5.38. The van der Waals surface area contributed by atoms with Crippen molar-refractivity contribution in [3.8, 4) is 6.07 Å². The van der Waals surface area contributed by atoms with Gasteiger partial charge in [0.05, 0.1) is 23.1 Å². The van der Waals surface area contributed by atoms with E-state index in [0.29, 0.717) is 31.9 Å². The fraction of sp³-hybridized carbons (Fsp3) is 0.640. The number of likely N-dealkylation sites (tertiary alicyclic amines) is 1. The summed E-state index contributed by atoms with van der Waals surface area (Å²) in [7, 11) is 3.40. The maximum absolute atomic E-state index is 13.5. The zero-order valence-electron chi connectivity index (χ0n) is 19.9. The van der Waals surface area contributed by atoms with Gasteiger partial charge < -0.3 is 14.7 Å². The molecule has 2 amide bonds. The third-order valence-electron chi connectivity index (χ3n) is 7.87. The van der Waals surface area contributed by atoms with Crippen LogP contribution < -0.4 is 4.90 Å². The van der Waals surface area contributed by atoms with E-state index in [4.69, 9.17) is 5.26 Å². The van der Waals surface area contributed by atoms with E-state index in [-0.39, 0.29) is 35.0 Å². The lowest BCUT2D eigenvalue weighted by Crippen LogP contribution is -2.45. The molecule has 0 unspecified atom stereocenters. The average Bonchev–Trinajstić information content (AvgIpc) is 3.41. The molecule has 34 heavy (non-hydrogen) atoms. The highest BCUT2D eigenvalue weighted by Gasteiger charge is 2.49. The van der Waals surface area contributed by atoms with Crippen LogP contribution in [-0.2, 0) is 15.8 Å². The van der Waals surface area contributed by atoms with Crippen molar-refractivity contribution in [3.05, 3.63) is 29.3 Å². The summed E-state index contributed by atoms with van der Waals surface area (Å²) >= 11 is 0. The summed E-state index contributed by atoms with van der Waals surface area (Å²) < 4.78 is 40.5. The number of amides is 2. The van der Waals surface area contributed by atoms with E-state index in [9.17, 15) is 22.8 Å². The Bertz CT molecular complexity index is 1000. The quantitative estimate of drug-likeness (QED) is 0.664. The first kappa shape index (κ1) is 24.4. The van der Waals surface area contributed by atoms with E-state index in [0.717, 1.165) is 31.7 Å². The minimum absolute atomic E-state index is 0.00589. The van der Waals surface area contributed by atoms with E-state index in [1.165, 1.54) is 12.1 Å². The van der Waals surface area contributed by atoms with Crippen LogP contribution in [0.15, 0.2) is 18.2 Å². The molecule has 2 atom stereocenters. The standard InChI is InChI=1S/C25H31F3N4O2/c1-24(8-9-24)23(34)31-10-6-16(7-11-31)19-14-32(15-20(19)22(33)30(2)3)18-5-4-17(13-29)21(12-18)25(26,27)28/h4-5,12,16,19-20H,6-11,14-15H2,1-3H3/t19-,20+/m0/s1.